The average molecular weight is 240 g/mol. The number of nitrogens with zero attached hydrogens (tertiary/aromatic N) is 1. The molecular weight excluding hydrogens is 230 g/mol. The Morgan fingerprint density at radius 1 is 1.62 bits per heavy atom. The van der Waals surface area contributed by atoms with Gasteiger partial charge in [-0.2, -0.15) is 0 Å². The van der Waals surface area contributed by atoms with Gasteiger partial charge in [0.1, 0.15) is 0 Å². The van der Waals surface area contributed by atoms with Gasteiger partial charge in [-0.25, -0.2) is 0 Å². The van der Waals surface area contributed by atoms with Crippen molar-refractivity contribution >= 4 is 38.7 Å². The van der Waals surface area contributed by atoms with E-state index < -0.39 is 4.92 Å². The van der Waals surface area contributed by atoms with Gasteiger partial charge in [-0.1, -0.05) is 13.8 Å². The number of hydrogen-bond acceptors (Lipinski definition) is 4. The van der Waals surface area contributed by atoms with Gasteiger partial charge in [0, 0.05) is 6.07 Å². The van der Waals surface area contributed by atoms with Crippen LogP contribution in [0.15, 0.2) is 10.3 Å². The fourth-order valence-corrected chi connectivity index (χ4v) is 2.45. The highest BCUT2D eigenvalue weighted by atomic mass is 35.7. The van der Waals surface area contributed by atoms with Crippen molar-refractivity contribution in [1.82, 2.24) is 0 Å². The Bertz CT molecular complexity index is 288. The van der Waals surface area contributed by atoms with Crippen LogP contribution in [-0.4, -0.2) is 4.92 Å². The van der Waals surface area contributed by atoms with Crippen molar-refractivity contribution in [2.24, 2.45) is 0 Å². The smallest absolute Gasteiger partial charge is 0.258 e. The number of aryl methyl sites for hydroxylation is 1. The van der Waals surface area contributed by atoms with Crippen molar-refractivity contribution < 1.29 is 4.92 Å². The first-order valence-corrected chi connectivity index (χ1v) is 6.14. The summed E-state index contributed by atoms with van der Waals surface area (Å²) in [6, 6.07) is 1.48. The molecule has 0 N–H and O–H groups in total. The van der Waals surface area contributed by atoms with Crippen LogP contribution in [0.25, 0.3) is 0 Å². The van der Waals surface area contributed by atoms with Crippen LogP contribution in [0.2, 0.25) is 0 Å². The molecule has 1 rings (SSSR count). The Morgan fingerprint density at radius 2 is 2.15 bits per heavy atom. The van der Waals surface area contributed by atoms with Crippen LogP contribution in [0.3, 0.4) is 0 Å². The third kappa shape index (κ3) is 3.54. The third-order valence-electron chi connectivity index (χ3n) is 1.14. The fourth-order valence-electron chi connectivity index (χ4n) is 0.665. The highest BCUT2D eigenvalue weighted by Gasteiger charge is 2.14. The van der Waals surface area contributed by atoms with Gasteiger partial charge in [0.2, 0.25) is 0 Å². The van der Waals surface area contributed by atoms with Gasteiger partial charge in [0.15, 0.2) is 0 Å². The number of hydrogen-bond donors (Lipinski definition) is 0. The molecule has 0 atom stereocenters. The van der Waals surface area contributed by atoms with Crippen molar-refractivity contribution in [3.05, 3.63) is 21.1 Å². The second-order valence-corrected chi connectivity index (χ2v) is 4.41. The van der Waals surface area contributed by atoms with E-state index in [0.29, 0.717) is 4.88 Å². The number of nitro groups is 1. The van der Waals surface area contributed by atoms with Crippen LogP contribution in [0.4, 0.5) is 5.69 Å². The number of thiophene rings is 1. The molecule has 74 valence electrons. The zero-order valence-electron chi connectivity index (χ0n) is 7.54. The predicted molar refractivity (Wildman–Crippen MR) is 58.8 cm³/mol. The lowest BCUT2D eigenvalue weighted by atomic mass is 10.4. The van der Waals surface area contributed by atoms with E-state index in [2.05, 4.69) is 0 Å². The molecule has 1 aromatic rings. The molecule has 6 heteroatoms. The van der Waals surface area contributed by atoms with Gasteiger partial charge < -0.3 is 0 Å². The summed E-state index contributed by atoms with van der Waals surface area (Å²) < 4.78 is 0.760. The lowest BCUT2D eigenvalue weighted by Gasteiger charge is -1.83. The van der Waals surface area contributed by atoms with E-state index in [0.717, 1.165) is 15.2 Å². The first-order chi connectivity index (χ1) is 6.15. The van der Waals surface area contributed by atoms with E-state index >= 15 is 0 Å². The molecule has 3 nitrogen and oxygen atoms in total. The molecule has 0 aliphatic heterocycles. The molecule has 0 aliphatic carbocycles. The number of rotatable bonds is 2. The zero-order valence-corrected chi connectivity index (χ0v) is 9.92. The minimum Gasteiger partial charge on any atom is -0.258 e. The zero-order chi connectivity index (χ0) is 10.4. The van der Waals surface area contributed by atoms with Gasteiger partial charge in [-0.05, 0) is 28.6 Å². The maximum atomic E-state index is 10.3. The molecule has 0 aliphatic rings. The Hall–Kier alpha value is -0.260. The highest BCUT2D eigenvalue weighted by molar-refractivity contribution is 8.22. The Balaban J connectivity index is 0.000000671. The lowest BCUT2D eigenvalue weighted by molar-refractivity contribution is -0.385. The summed E-state index contributed by atoms with van der Waals surface area (Å²) in [5, 5.41) is 10.3. The standard InChI is InChI=1S/C5H4ClNO2S2.C2H6/c1-3-4(7(8)9)2-5(10-3)11-6;1-2/h2H,1H3;1-2H3. The topological polar surface area (TPSA) is 43.1 Å². The van der Waals surface area contributed by atoms with Crippen LogP contribution >= 0.6 is 33.0 Å². The summed E-state index contributed by atoms with van der Waals surface area (Å²) in [5.74, 6) is 0. The summed E-state index contributed by atoms with van der Waals surface area (Å²) in [5.41, 5.74) is 0.151. The summed E-state index contributed by atoms with van der Waals surface area (Å²) in [6.07, 6.45) is 0. The first-order valence-electron chi connectivity index (χ1n) is 3.68. The highest BCUT2D eigenvalue weighted by Crippen LogP contribution is 2.36. The molecule has 0 spiro atoms. The van der Waals surface area contributed by atoms with Crippen molar-refractivity contribution in [2.45, 2.75) is 25.0 Å². The van der Waals surface area contributed by atoms with E-state index in [4.69, 9.17) is 10.7 Å². The van der Waals surface area contributed by atoms with Gasteiger partial charge in [-0.3, -0.25) is 10.1 Å². The van der Waals surface area contributed by atoms with Crippen molar-refractivity contribution in [1.29, 1.82) is 0 Å². The second kappa shape index (κ2) is 6.23. The van der Waals surface area contributed by atoms with E-state index in [-0.39, 0.29) is 5.69 Å². The van der Waals surface area contributed by atoms with E-state index in [1.165, 1.54) is 17.4 Å². The molecule has 0 unspecified atom stereocenters. The van der Waals surface area contributed by atoms with Crippen LogP contribution < -0.4 is 0 Å². The Kier molecular flexibility index (Phi) is 6.11. The summed E-state index contributed by atoms with van der Waals surface area (Å²) in [4.78, 5) is 10.6. The maximum Gasteiger partial charge on any atom is 0.284 e. The van der Waals surface area contributed by atoms with Crippen molar-refractivity contribution in [3.63, 3.8) is 0 Å². The van der Waals surface area contributed by atoms with Gasteiger partial charge in [0.05, 0.1) is 14.0 Å². The second-order valence-electron chi connectivity index (χ2n) is 1.84. The van der Waals surface area contributed by atoms with Gasteiger partial charge in [-0.15, -0.1) is 11.3 Å². The summed E-state index contributed by atoms with van der Waals surface area (Å²) in [7, 11) is 6.43. The van der Waals surface area contributed by atoms with Crippen molar-refractivity contribution in [2.75, 3.05) is 0 Å². The normalized spacial score (nSPS) is 8.92. The molecule has 0 saturated heterocycles. The van der Waals surface area contributed by atoms with E-state index in [9.17, 15) is 10.1 Å². The minimum absolute atomic E-state index is 0.151. The molecule has 13 heavy (non-hydrogen) atoms. The van der Waals surface area contributed by atoms with Gasteiger partial charge in [0.25, 0.3) is 5.69 Å². The molecule has 0 radical (unpaired) electrons. The maximum absolute atomic E-state index is 10.3. The fraction of sp³-hybridized carbons (Fsp3) is 0.429. The molecule has 1 aromatic heterocycles. The van der Waals surface area contributed by atoms with Gasteiger partial charge >= 0.3 is 0 Å². The monoisotopic (exact) mass is 239 g/mol. The summed E-state index contributed by atoms with van der Waals surface area (Å²) in [6.45, 7) is 5.71. The third-order valence-corrected chi connectivity index (χ3v) is 3.52. The van der Waals surface area contributed by atoms with Crippen LogP contribution in [0.5, 0.6) is 0 Å². The molecule has 0 bridgehead atoms. The molecular formula is C7H10ClNO2S2. The van der Waals surface area contributed by atoms with E-state index in [1.807, 2.05) is 13.8 Å². The van der Waals surface area contributed by atoms with Crippen LogP contribution in [0.1, 0.15) is 18.7 Å². The van der Waals surface area contributed by atoms with Crippen molar-refractivity contribution in [3.8, 4) is 0 Å². The summed E-state index contributed by atoms with van der Waals surface area (Å²) >= 11 is 1.33. The van der Waals surface area contributed by atoms with Crippen LogP contribution in [-0.2, 0) is 0 Å². The average Bonchev–Trinajstić information content (AvgIpc) is 2.50. The van der Waals surface area contributed by atoms with E-state index in [1.54, 1.807) is 6.92 Å². The molecule has 0 saturated carbocycles. The SMILES string of the molecule is CC.Cc1sc(SCl)cc1[N+](=O)[O-]. The largest absolute Gasteiger partial charge is 0.284 e. The lowest BCUT2D eigenvalue weighted by Crippen LogP contribution is -1.85. The quantitative estimate of drug-likeness (QED) is 0.573. The predicted octanol–water partition coefficient (Wildman–Crippen LogP) is 4.24. The molecule has 1 heterocycles. The molecule has 0 fully saturated rings. The molecule has 0 aromatic carbocycles. The molecule has 0 amide bonds. The minimum atomic E-state index is -0.400. The Morgan fingerprint density at radius 3 is 2.38 bits per heavy atom. The van der Waals surface area contributed by atoms with Crippen LogP contribution in [0, 0.1) is 17.0 Å². The number of halogens is 1. The first kappa shape index (κ1) is 12.7. The Labute approximate surface area is 89.8 Å².